The summed E-state index contributed by atoms with van der Waals surface area (Å²) in [4.78, 5) is 0. The maximum atomic E-state index is 3.64. The molecule has 0 fully saturated rings. The van der Waals surface area contributed by atoms with E-state index in [1.165, 1.54) is 16.8 Å². The first-order valence-corrected chi connectivity index (χ1v) is 7.71. The SMILES string of the molecule is C/C(Nc1c(C(C)C)cccc1C(C)C)=C1/C=CC=CN1. The van der Waals surface area contributed by atoms with Gasteiger partial charge in [-0.2, -0.15) is 0 Å². The first kappa shape index (κ1) is 15.4. The molecule has 0 amide bonds. The van der Waals surface area contributed by atoms with Gasteiger partial charge in [0.05, 0.1) is 5.70 Å². The highest BCUT2D eigenvalue weighted by molar-refractivity contribution is 5.63. The Hall–Kier alpha value is -1.96. The minimum Gasteiger partial charge on any atom is -0.360 e. The Morgan fingerprint density at radius 3 is 2.10 bits per heavy atom. The zero-order chi connectivity index (χ0) is 15.4. The van der Waals surface area contributed by atoms with Crippen LogP contribution in [0.25, 0.3) is 0 Å². The predicted molar refractivity (Wildman–Crippen MR) is 92.4 cm³/mol. The molecule has 0 atom stereocenters. The van der Waals surface area contributed by atoms with Crippen molar-refractivity contribution in [3.8, 4) is 0 Å². The topological polar surface area (TPSA) is 24.1 Å². The van der Waals surface area contributed by atoms with Gasteiger partial charge >= 0.3 is 0 Å². The van der Waals surface area contributed by atoms with Crippen LogP contribution in [0.1, 0.15) is 57.6 Å². The first-order chi connectivity index (χ1) is 10.0. The van der Waals surface area contributed by atoms with Gasteiger partial charge in [0.2, 0.25) is 0 Å². The molecule has 1 aliphatic heterocycles. The molecule has 0 radical (unpaired) electrons. The van der Waals surface area contributed by atoms with E-state index in [0.717, 1.165) is 11.4 Å². The number of dihydropyridines is 1. The number of para-hydroxylation sites is 1. The van der Waals surface area contributed by atoms with E-state index in [9.17, 15) is 0 Å². The van der Waals surface area contributed by atoms with Crippen molar-refractivity contribution in [2.45, 2.75) is 46.5 Å². The normalized spacial score (nSPS) is 16.3. The second kappa shape index (κ2) is 6.66. The summed E-state index contributed by atoms with van der Waals surface area (Å²) >= 11 is 0. The van der Waals surface area contributed by atoms with E-state index >= 15 is 0 Å². The lowest BCUT2D eigenvalue weighted by atomic mass is 9.92. The van der Waals surface area contributed by atoms with Gasteiger partial charge in [0.15, 0.2) is 0 Å². The molecule has 0 unspecified atom stereocenters. The lowest BCUT2D eigenvalue weighted by Crippen LogP contribution is -2.13. The van der Waals surface area contributed by atoms with E-state index in [0.29, 0.717) is 11.8 Å². The number of hydrogen-bond donors (Lipinski definition) is 2. The van der Waals surface area contributed by atoms with E-state index in [1.807, 2.05) is 12.3 Å². The number of rotatable bonds is 4. The van der Waals surface area contributed by atoms with Crippen LogP contribution in [0.3, 0.4) is 0 Å². The molecule has 0 spiro atoms. The third-order valence-corrected chi connectivity index (χ3v) is 3.80. The second-order valence-electron chi connectivity index (χ2n) is 6.15. The number of benzene rings is 1. The molecule has 0 bridgehead atoms. The quantitative estimate of drug-likeness (QED) is 0.788. The molecule has 1 aromatic carbocycles. The molecule has 0 aromatic heterocycles. The molecule has 1 heterocycles. The van der Waals surface area contributed by atoms with Crippen LogP contribution in [0.5, 0.6) is 0 Å². The third kappa shape index (κ3) is 3.57. The van der Waals surface area contributed by atoms with Crippen molar-refractivity contribution in [1.82, 2.24) is 5.32 Å². The standard InChI is InChI=1S/C19H26N2/c1-13(2)16-9-8-10-17(14(3)4)19(16)21-15(5)18-11-6-7-12-20-18/h6-14,20-21H,1-5H3/b18-15+. The Morgan fingerprint density at radius 2 is 1.62 bits per heavy atom. The summed E-state index contributed by atoms with van der Waals surface area (Å²) in [6.07, 6.45) is 8.10. The highest BCUT2D eigenvalue weighted by atomic mass is 15.0. The fraction of sp³-hybridized carbons (Fsp3) is 0.368. The van der Waals surface area contributed by atoms with Crippen molar-refractivity contribution in [2.24, 2.45) is 0 Å². The summed E-state index contributed by atoms with van der Waals surface area (Å²) in [5.74, 6) is 0.998. The summed E-state index contributed by atoms with van der Waals surface area (Å²) in [5, 5.41) is 6.93. The zero-order valence-electron chi connectivity index (χ0n) is 13.7. The van der Waals surface area contributed by atoms with Crippen LogP contribution in [-0.2, 0) is 0 Å². The second-order valence-corrected chi connectivity index (χ2v) is 6.15. The van der Waals surface area contributed by atoms with Crippen molar-refractivity contribution in [3.63, 3.8) is 0 Å². The van der Waals surface area contributed by atoms with Crippen LogP contribution in [-0.4, -0.2) is 0 Å². The van der Waals surface area contributed by atoms with Crippen molar-refractivity contribution < 1.29 is 0 Å². The summed E-state index contributed by atoms with van der Waals surface area (Å²) in [7, 11) is 0. The van der Waals surface area contributed by atoms with Crippen LogP contribution in [0.15, 0.2) is 54.0 Å². The molecule has 21 heavy (non-hydrogen) atoms. The summed E-state index contributed by atoms with van der Waals surface area (Å²) in [5.41, 5.74) is 6.27. The van der Waals surface area contributed by atoms with E-state index in [2.05, 4.69) is 75.6 Å². The molecule has 0 saturated heterocycles. The van der Waals surface area contributed by atoms with Gasteiger partial charge in [0.25, 0.3) is 0 Å². The minimum atomic E-state index is 0.499. The van der Waals surface area contributed by atoms with Crippen LogP contribution in [0, 0.1) is 0 Å². The minimum absolute atomic E-state index is 0.499. The Balaban J connectivity index is 2.42. The summed E-state index contributed by atoms with van der Waals surface area (Å²) in [6.45, 7) is 11.1. The fourth-order valence-electron chi connectivity index (χ4n) is 2.58. The van der Waals surface area contributed by atoms with Gasteiger partial charge < -0.3 is 10.6 Å². The maximum absolute atomic E-state index is 3.64. The molecule has 2 heteroatoms. The van der Waals surface area contributed by atoms with Crippen LogP contribution in [0.2, 0.25) is 0 Å². The average molecular weight is 282 g/mol. The first-order valence-electron chi connectivity index (χ1n) is 7.71. The molecule has 2 nitrogen and oxygen atoms in total. The molecular weight excluding hydrogens is 256 g/mol. The molecule has 1 aliphatic rings. The Kier molecular flexibility index (Phi) is 4.89. The number of anilines is 1. The van der Waals surface area contributed by atoms with Gasteiger partial charge in [0, 0.05) is 17.6 Å². The number of nitrogens with one attached hydrogen (secondary N) is 2. The maximum Gasteiger partial charge on any atom is 0.0573 e. The molecule has 1 aromatic rings. The van der Waals surface area contributed by atoms with Gasteiger partial charge in [-0.05, 0) is 42.0 Å². The molecule has 0 aliphatic carbocycles. The monoisotopic (exact) mass is 282 g/mol. The predicted octanol–water partition coefficient (Wildman–Crippen LogP) is 5.25. The molecule has 2 N–H and O–H groups in total. The van der Waals surface area contributed by atoms with Gasteiger partial charge in [0.1, 0.15) is 0 Å². The van der Waals surface area contributed by atoms with E-state index in [1.54, 1.807) is 0 Å². The number of hydrogen-bond acceptors (Lipinski definition) is 2. The molecular formula is C19H26N2. The Bertz CT molecular complexity index is 563. The molecule has 112 valence electrons. The highest BCUT2D eigenvalue weighted by Crippen LogP contribution is 2.33. The lowest BCUT2D eigenvalue weighted by molar-refractivity contribution is 0.836. The van der Waals surface area contributed by atoms with E-state index in [4.69, 9.17) is 0 Å². The average Bonchev–Trinajstić information content (AvgIpc) is 2.47. The third-order valence-electron chi connectivity index (χ3n) is 3.80. The fourth-order valence-corrected chi connectivity index (χ4v) is 2.58. The summed E-state index contributed by atoms with van der Waals surface area (Å²) < 4.78 is 0. The van der Waals surface area contributed by atoms with Crippen molar-refractivity contribution in [1.29, 1.82) is 0 Å². The Morgan fingerprint density at radius 1 is 1.00 bits per heavy atom. The van der Waals surface area contributed by atoms with Crippen LogP contribution in [0.4, 0.5) is 5.69 Å². The van der Waals surface area contributed by atoms with Gasteiger partial charge in [-0.15, -0.1) is 0 Å². The van der Waals surface area contributed by atoms with Crippen LogP contribution < -0.4 is 10.6 Å². The zero-order valence-corrected chi connectivity index (χ0v) is 13.7. The Labute approximate surface area is 128 Å². The lowest BCUT2D eigenvalue weighted by Gasteiger charge is -2.22. The van der Waals surface area contributed by atoms with Gasteiger partial charge in [-0.1, -0.05) is 52.0 Å². The van der Waals surface area contributed by atoms with E-state index < -0.39 is 0 Å². The molecule has 2 rings (SSSR count). The smallest absolute Gasteiger partial charge is 0.0573 e. The van der Waals surface area contributed by atoms with Crippen LogP contribution >= 0.6 is 0 Å². The van der Waals surface area contributed by atoms with Gasteiger partial charge in [-0.25, -0.2) is 0 Å². The molecule has 0 saturated carbocycles. The summed E-state index contributed by atoms with van der Waals surface area (Å²) in [6, 6.07) is 6.61. The van der Waals surface area contributed by atoms with Gasteiger partial charge in [-0.3, -0.25) is 0 Å². The van der Waals surface area contributed by atoms with Crippen molar-refractivity contribution >= 4 is 5.69 Å². The van der Waals surface area contributed by atoms with E-state index in [-0.39, 0.29) is 0 Å². The van der Waals surface area contributed by atoms with Crippen molar-refractivity contribution in [2.75, 3.05) is 5.32 Å². The highest BCUT2D eigenvalue weighted by Gasteiger charge is 2.14. The number of allylic oxidation sites excluding steroid dienone is 4. The van der Waals surface area contributed by atoms with Crippen molar-refractivity contribution in [3.05, 3.63) is 65.1 Å². The largest absolute Gasteiger partial charge is 0.360 e.